The summed E-state index contributed by atoms with van der Waals surface area (Å²) in [6.07, 6.45) is 3.18. The summed E-state index contributed by atoms with van der Waals surface area (Å²) in [6, 6.07) is 13.9. The molecular weight excluding hydrogens is 582 g/mol. The lowest BCUT2D eigenvalue weighted by atomic mass is 10.2. The standard InChI is InChI=1S/C24H19Br2N5O4/c1-14-9-16(15(2)30(14)17-5-3-6-18(10-17)31(33)34)12-28-29-22(32)13-35-24-21(26)11-20(25)19-7-4-8-27-23(19)24/h3-12H,13H2,1-2H3,(H,29,32)/b28-12+. The van der Waals surface area contributed by atoms with E-state index in [4.69, 9.17) is 4.74 Å². The molecule has 1 N–H and O–H groups in total. The monoisotopic (exact) mass is 599 g/mol. The molecule has 2 aromatic carbocycles. The number of fused-ring (bicyclic) bond motifs is 1. The zero-order valence-corrected chi connectivity index (χ0v) is 21.8. The van der Waals surface area contributed by atoms with Gasteiger partial charge in [-0.3, -0.25) is 19.9 Å². The Morgan fingerprint density at radius 2 is 2.00 bits per heavy atom. The van der Waals surface area contributed by atoms with Crippen LogP contribution < -0.4 is 10.2 Å². The Balaban J connectivity index is 1.45. The molecule has 0 saturated carbocycles. The summed E-state index contributed by atoms with van der Waals surface area (Å²) in [5.41, 5.74) is 6.24. The quantitative estimate of drug-likeness (QED) is 0.168. The number of ether oxygens (including phenoxy) is 1. The van der Waals surface area contributed by atoms with Crippen LogP contribution in [0.25, 0.3) is 16.6 Å². The molecule has 1 amide bonds. The number of amides is 1. The summed E-state index contributed by atoms with van der Waals surface area (Å²) in [7, 11) is 0. The first-order valence-electron chi connectivity index (χ1n) is 10.4. The van der Waals surface area contributed by atoms with Gasteiger partial charge in [-0.1, -0.05) is 28.1 Å². The highest BCUT2D eigenvalue weighted by Crippen LogP contribution is 2.37. The number of pyridine rings is 1. The fourth-order valence-electron chi connectivity index (χ4n) is 3.69. The lowest BCUT2D eigenvalue weighted by molar-refractivity contribution is -0.384. The van der Waals surface area contributed by atoms with Crippen LogP contribution in [0, 0.1) is 24.0 Å². The number of nitrogens with one attached hydrogen (secondary N) is 1. The number of non-ortho nitro benzene ring substituents is 1. The lowest BCUT2D eigenvalue weighted by Crippen LogP contribution is -2.24. The number of hydrazone groups is 1. The van der Waals surface area contributed by atoms with E-state index >= 15 is 0 Å². The minimum absolute atomic E-state index is 0.0119. The lowest BCUT2D eigenvalue weighted by Gasteiger charge is -2.11. The molecule has 9 nitrogen and oxygen atoms in total. The summed E-state index contributed by atoms with van der Waals surface area (Å²) < 4.78 is 9.15. The van der Waals surface area contributed by atoms with Crippen LogP contribution in [0.5, 0.6) is 5.75 Å². The second-order valence-corrected chi connectivity index (χ2v) is 9.30. The van der Waals surface area contributed by atoms with Crippen molar-refractivity contribution in [2.24, 2.45) is 5.10 Å². The molecule has 4 aromatic rings. The summed E-state index contributed by atoms with van der Waals surface area (Å²) in [5, 5.41) is 16.0. The third-order valence-electron chi connectivity index (χ3n) is 5.26. The van der Waals surface area contributed by atoms with Crippen LogP contribution in [0.4, 0.5) is 5.69 Å². The van der Waals surface area contributed by atoms with Crippen molar-refractivity contribution in [1.29, 1.82) is 0 Å². The van der Waals surface area contributed by atoms with Crippen molar-refractivity contribution in [2.75, 3.05) is 6.61 Å². The van der Waals surface area contributed by atoms with E-state index in [1.807, 2.05) is 42.7 Å². The van der Waals surface area contributed by atoms with Gasteiger partial charge in [-0.05, 0) is 54.0 Å². The Bertz CT molecular complexity index is 1480. The van der Waals surface area contributed by atoms with Gasteiger partial charge in [-0.2, -0.15) is 5.10 Å². The molecule has 178 valence electrons. The average Bonchev–Trinajstić information content (AvgIpc) is 3.11. The van der Waals surface area contributed by atoms with Crippen molar-refractivity contribution in [3.63, 3.8) is 0 Å². The third-order valence-corrected chi connectivity index (χ3v) is 6.51. The summed E-state index contributed by atoms with van der Waals surface area (Å²) in [4.78, 5) is 27.4. The molecule has 4 rings (SSSR count). The van der Waals surface area contributed by atoms with E-state index in [9.17, 15) is 14.9 Å². The minimum atomic E-state index is -0.437. The number of carbonyl (C=O) groups excluding carboxylic acids is 1. The minimum Gasteiger partial charge on any atom is -0.480 e. The molecule has 0 aliphatic heterocycles. The zero-order valence-electron chi connectivity index (χ0n) is 18.7. The predicted octanol–water partition coefficient (Wildman–Crippen LogP) is 5.60. The smallest absolute Gasteiger partial charge is 0.277 e. The van der Waals surface area contributed by atoms with Crippen LogP contribution >= 0.6 is 31.9 Å². The third kappa shape index (κ3) is 5.25. The number of hydrogen-bond donors (Lipinski definition) is 1. The highest BCUT2D eigenvalue weighted by Gasteiger charge is 2.15. The number of nitro benzene ring substituents is 1. The van der Waals surface area contributed by atoms with Crippen molar-refractivity contribution in [1.82, 2.24) is 15.0 Å². The first-order valence-corrected chi connectivity index (χ1v) is 12.0. The van der Waals surface area contributed by atoms with E-state index in [1.54, 1.807) is 18.3 Å². The van der Waals surface area contributed by atoms with Crippen molar-refractivity contribution in [3.8, 4) is 11.4 Å². The number of halogens is 2. The molecule has 0 saturated heterocycles. The zero-order chi connectivity index (χ0) is 25.1. The fourth-order valence-corrected chi connectivity index (χ4v) is 5.08. The molecule has 0 aliphatic rings. The van der Waals surface area contributed by atoms with E-state index in [1.165, 1.54) is 18.3 Å². The second kappa shape index (κ2) is 10.4. The molecule has 2 aromatic heterocycles. The largest absolute Gasteiger partial charge is 0.480 e. The predicted molar refractivity (Wildman–Crippen MR) is 140 cm³/mol. The maximum absolute atomic E-state index is 12.3. The fraction of sp³-hybridized carbons (Fsp3) is 0.125. The molecule has 11 heteroatoms. The molecule has 0 aliphatic carbocycles. The Labute approximate surface area is 217 Å². The van der Waals surface area contributed by atoms with Gasteiger partial charge in [0.2, 0.25) is 0 Å². The van der Waals surface area contributed by atoms with Crippen molar-refractivity contribution in [3.05, 3.63) is 90.7 Å². The Kier molecular flexibility index (Phi) is 7.27. The summed E-state index contributed by atoms with van der Waals surface area (Å²) in [5.74, 6) is 0.0241. The van der Waals surface area contributed by atoms with Gasteiger partial charge in [0.1, 0.15) is 5.52 Å². The number of nitro groups is 1. The first kappa shape index (κ1) is 24.6. The molecule has 0 fully saturated rings. The van der Waals surface area contributed by atoms with E-state index < -0.39 is 10.8 Å². The maximum Gasteiger partial charge on any atom is 0.277 e. The molecule has 35 heavy (non-hydrogen) atoms. The van der Waals surface area contributed by atoms with Gasteiger partial charge in [0.15, 0.2) is 12.4 Å². The number of hydrogen-bond acceptors (Lipinski definition) is 6. The highest BCUT2D eigenvalue weighted by atomic mass is 79.9. The Morgan fingerprint density at radius 3 is 2.77 bits per heavy atom. The summed E-state index contributed by atoms with van der Waals surface area (Å²) in [6.45, 7) is 3.52. The number of benzene rings is 2. The van der Waals surface area contributed by atoms with Gasteiger partial charge in [-0.15, -0.1) is 0 Å². The molecular formula is C24H19Br2N5O4. The number of aryl methyl sites for hydroxylation is 1. The van der Waals surface area contributed by atoms with Crippen LogP contribution in [-0.4, -0.2) is 33.2 Å². The summed E-state index contributed by atoms with van der Waals surface area (Å²) >= 11 is 6.95. The van der Waals surface area contributed by atoms with E-state index in [-0.39, 0.29) is 12.3 Å². The van der Waals surface area contributed by atoms with Crippen molar-refractivity contribution >= 4 is 60.6 Å². The average molecular weight is 601 g/mol. The van der Waals surface area contributed by atoms with E-state index in [0.717, 1.165) is 26.8 Å². The maximum atomic E-state index is 12.3. The van der Waals surface area contributed by atoms with Crippen LogP contribution in [0.2, 0.25) is 0 Å². The van der Waals surface area contributed by atoms with Gasteiger partial charge >= 0.3 is 0 Å². The normalized spacial score (nSPS) is 11.2. The highest BCUT2D eigenvalue weighted by molar-refractivity contribution is 9.11. The molecule has 0 bridgehead atoms. The SMILES string of the molecule is Cc1cc(/C=N/NC(=O)COc2c(Br)cc(Br)c3cccnc23)c(C)n1-c1cccc([N+](=O)[O-])c1. The Hall–Kier alpha value is -3.57. The molecule has 2 heterocycles. The van der Waals surface area contributed by atoms with Crippen molar-refractivity contribution in [2.45, 2.75) is 13.8 Å². The number of nitrogens with zero attached hydrogens (tertiary/aromatic N) is 4. The Morgan fingerprint density at radius 1 is 1.20 bits per heavy atom. The molecule has 0 spiro atoms. The van der Waals surface area contributed by atoms with Gasteiger partial charge in [-0.25, -0.2) is 5.43 Å². The van der Waals surface area contributed by atoms with Crippen LogP contribution in [0.1, 0.15) is 17.0 Å². The number of rotatable bonds is 7. The second-order valence-electron chi connectivity index (χ2n) is 7.59. The van der Waals surface area contributed by atoms with Crippen LogP contribution in [-0.2, 0) is 4.79 Å². The van der Waals surface area contributed by atoms with E-state index in [0.29, 0.717) is 21.4 Å². The first-order chi connectivity index (χ1) is 16.8. The van der Waals surface area contributed by atoms with E-state index in [2.05, 4.69) is 47.4 Å². The van der Waals surface area contributed by atoms with Crippen molar-refractivity contribution < 1.29 is 14.5 Å². The van der Waals surface area contributed by atoms with Gasteiger partial charge in [0, 0.05) is 45.1 Å². The van der Waals surface area contributed by atoms with Crippen LogP contribution in [0.3, 0.4) is 0 Å². The number of carbonyl (C=O) groups is 1. The van der Waals surface area contributed by atoms with Gasteiger partial charge < -0.3 is 9.30 Å². The van der Waals surface area contributed by atoms with Crippen LogP contribution in [0.15, 0.2) is 68.8 Å². The molecule has 0 atom stereocenters. The van der Waals surface area contributed by atoms with Gasteiger partial charge in [0.05, 0.1) is 21.3 Å². The van der Waals surface area contributed by atoms with Gasteiger partial charge in [0.25, 0.3) is 11.6 Å². The molecule has 0 unspecified atom stereocenters. The number of aromatic nitrogens is 2. The topological polar surface area (TPSA) is 112 Å². The molecule has 0 radical (unpaired) electrons.